The first-order valence-electron chi connectivity index (χ1n) is 9.69. The van der Waals surface area contributed by atoms with Crippen molar-refractivity contribution < 1.29 is 9.84 Å². The molecule has 1 aliphatic carbocycles. The predicted molar refractivity (Wildman–Crippen MR) is 102 cm³/mol. The molecule has 1 saturated carbocycles. The molecule has 3 heterocycles. The highest BCUT2D eigenvalue weighted by Gasteiger charge is 2.34. The fourth-order valence-corrected chi connectivity index (χ4v) is 3.97. The normalized spacial score (nSPS) is 27.0. The van der Waals surface area contributed by atoms with Gasteiger partial charge in [0, 0.05) is 30.8 Å². The van der Waals surface area contributed by atoms with Gasteiger partial charge in [-0.15, -0.1) is 0 Å². The van der Waals surface area contributed by atoms with Gasteiger partial charge in [-0.05, 0) is 46.1 Å². The van der Waals surface area contributed by atoms with Crippen LogP contribution in [-0.2, 0) is 0 Å². The quantitative estimate of drug-likeness (QED) is 0.741. The second-order valence-electron chi connectivity index (χ2n) is 8.13. The van der Waals surface area contributed by atoms with E-state index in [0.29, 0.717) is 23.4 Å². The summed E-state index contributed by atoms with van der Waals surface area (Å²) in [7, 11) is 2.13. The van der Waals surface area contributed by atoms with Crippen molar-refractivity contribution in [3.05, 3.63) is 24.2 Å². The van der Waals surface area contributed by atoms with Crippen LogP contribution in [0.25, 0.3) is 0 Å². The van der Waals surface area contributed by atoms with Gasteiger partial charge >= 0.3 is 0 Å². The van der Waals surface area contributed by atoms with Gasteiger partial charge in [-0.2, -0.15) is 10.1 Å². The van der Waals surface area contributed by atoms with E-state index in [1.54, 1.807) is 12.4 Å². The molecule has 2 atom stereocenters. The summed E-state index contributed by atoms with van der Waals surface area (Å²) in [6, 6.07) is 1.98. The minimum atomic E-state index is -0.575. The molecular formula is C19H28N6O2. The molecule has 3 N–H and O–H groups in total. The van der Waals surface area contributed by atoms with Gasteiger partial charge in [0.2, 0.25) is 5.88 Å². The number of piperidine rings is 1. The molecule has 0 bridgehead atoms. The van der Waals surface area contributed by atoms with E-state index in [2.05, 4.69) is 37.4 Å². The number of aromatic amines is 1. The lowest BCUT2D eigenvalue weighted by atomic mass is 10.0. The highest BCUT2D eigenvalue weighted by atomic mass is 16.5. The van der Waals surface area contributed by atoms with E-state index in [9.17, 15) is 5.11 Å². The Kier molecular flexibility index (Phi) is 5.01. The molecule has 1 aliphatic heterocycles. The largest absolute Gasteiger partial charge is 0.473 e. The molecule has 146 valence electrons. The third-order valence-corrected chi connectivity index (χ3v) is 5.58. The SMILES string of the molecule is CN1CCC(Oc2cncc(Nc3cc([C@H]4CC[C@@](C)(O)C4)[nH]n3)n2)CC1. The average molecular weight is 372 g/mol. The number of aliphatic hydroxyl groups is 1. The molecule has 27 heavy (non-hydrogen) atoms. The number of ether oxygens (including phenoxy) is 1. The summed E-state index contributed by atoms with van der Waals surface area (Å²) in [6.07, 6.45) is 8.06. The number of hydrogen-bond acceptors (Lipinski definition) is 7. The van der Waals surface area contributed by atoms with E-state index in [0.717, 1.165) is 50.9 Å². The molecule has 8 nitrogen and oxygen atoms in total. The van der Waals surface area contributed by atoms with Gasteiger partial charge in [0.05, 0.1) is 18.0 Å². The van der Waals surface area contributed by atoms with Crippen molar-refractivity contribution in [2.45, 2.75) is 56.7 Å². The summed E-state index contributed by atoms with van der Waals surface area (Å²) in [5, 5.41) is 20.8. The Morgan fingerprint density at radius 1 is 1.26 bits per heavy atom. The third kappa shape index (κ3) is 4.56. The molecular weight excluding hydrogens is 344 g/mol. The van der Waals surface area contributed by atoms with Crippen LogP contribution in [-0.4, -0.2) is 62.0 Å². The summed E-state index contributed by atoms with van der Waals surface area (Å²) in [5.74, 6) is 2.16. The van der Waals surface area contributed by atoms with Crippen LogP contribution in [0.15, 0.2) is 18.5 Å². The zero-order valence-corrected chi connectivity index (χ0v) is 16.0. The van der Waals surface area contributed by atoms with Gasteiger partial charge in [-0.25, -0.2) is 0 Å². The van der Waals surface area contributed by atoms with E-state index in [1.807, 2.05) is 13.0 Å². The van der Waals surface area contributed by atoms with Crippen LogP contribution in [0, 0.1) is 0 Å². The molecule has 2 fully saturated rings. The Balaban J connectivity index is 1.37. The topological polar surface area (TPSA) is 99.2 Å². The standard InChI is InChI=1S/C19H28N6O2/c1-19(26)6-3-13(10-19)15-9-16(24-23-15)21-17-11-20-12-18(22-17)27-14-4-7-25(2)8-5-14/h9,11-14,26H,3-8,10H2,1-2H3,(H2,21,22,23,24)/t13-,19+/m0/s1. The Labute approximate surface area is 159 Å². The van der Waals surface area contributed by atoms with Gasteiger partial charge in [-0.3, -0.25) is 10.1 Å². The molecule has 0 unspecified atom stereocenters. The molecule has 2 aliphatic rings. The molecule has 8 heteroatoms. The molecule has 0 amide bonds. The molecule has 0 aromatic carbocycles. The summed E-state index contributed by atoms with van der Waals surface area (Å²) >= 11 is 0. The lowest BCUT2D eigenvalue weighted by Crippen LogP contribution is -2.35. The van der Waals surface area contributed by atoms with Crippen LogP contribution in [0.2, 0.25) is 0 Å². The number of H-pyrrole nitrogens is 1. The fraction of sp³-hybridized carbons (Fsp3) is 0.632. The number of nitrogens with zero attached hydrogens (tertiary/aromatic N) is 4. The second kappa shape index (κ2) is 7.44. The predicted octanol–water partition coefficient (Wildman–Crippen LogP) is 2.43. The summed E-state index contributed by atoms with van der Waals surface area (Å²) in [6.45, 7) is 3.98. The Morgan fingerprint density at radius 3 is 2.81 bits per heavy atom. The zero-order chi connectivity index (χ0) is 18.9. The Morgan fingerprint density at radius 2 is 2.07 bits per heavy atom. The first-order chi connectivity index (χ1) is 13.0. The van der Waals surface area contributed by atoms with E-state index >= 15 is 0 Å². The van der Waals surface area contributed by atoms with Crippen molar-refractivity contribution in [2.75, 3.05) is 25.5 Å². The van der Waals surface area contributed by atoms with E-state index in [-0.39, 0.29) is 6.10 Å². The van der Waals surface area contributed by atoms with E-state index in [1.165, 1.54) is 0 Å². The summed E-state index contributed by atoms with van der Waals surface area (Å²) < 4.78 is 6.00. The van der Waals surface area contributed by atoms with Crippen molar-refractivity contribution >= 4 is 11.6 Å². The molecule has 0 spiro atoms. The fourth-order valence-electron chi connectivity index (χ4n) is 3.97. The van der Waals surface area contributed by atoms with Crippen molar-refractivity contribution in [1.29, 1.82) is 0 Å². The highest BCUT2D eigenvalue weighted by molar-refractivity contribution is 5.51. The van der Waals surface area contributed by atoms with Crippen LogP contribution in [0.3, 0.4) is 0 Å². The smallest absolute Gasteiger partial charge is 0.234 e. The van der Waals surface area contributed by atoms with Crippen molar-refractivity contribution in [3.63, 3.8) is 0 Å². The summed E-state index contributed by atoms with van der Waals surface area (Å²) in [4.78, 5) is 11.0. The number of hydrogen-bond donors (Lipinski definition) is 3. The van der Waals surface area contributed by atoms with Crippen LogP contribution in [0.1, 0.15) is 50.6 Å². The summed E-state index contributed by atoms with van der Waals surface area (Å²) in [5.41, 5.74) is 0.469. The molecule has 2 aromatic rings. The van der Waals surface area contributed by atoms with E-state index < -0.39 is 5.60 Å². The maximum absolute atomic E-state index is 10.2. The van der Waals surface area contributed by atoms with Crippen molar-refractivity contribution in [3.8, 4) is 5.88 Å². The maximum atomic E-state index is 10.2. The molecule has 0 radical (unpaired) electrons. The monoisotopic (exact) mass is 372 g/mol. The number of likely N-dealkylation sites (tertiary alicyclic amines) is 1. The molecule has 4 rings (SSSR count). The van der Waals surface area contributed by atoms with Gasteiger partial charge in [-0.1, -0.05) is 0 Å². The van der Waals surface area contributed by atoms with Crippen LogP contribution < -0.4 is 10.1 Å². The zero-order valence-electron chi connectivity index (χ0n) is 16.0. The number of rotatable bonds is 5. The Bertz CT molecular complexity index is 769. The maximum Gasteiger partial charge on any atom is 0.234 e. The highest BCUT2D eigenvalue weighted by Crippen LogP contribution is 2.40. The van der Waals surface area contributed by atoms with Crippen LogP contribution in [0.5, 0.6) is 5.88 Å². The van der Waals surface area contributed by atoms with Crippen molar-refractivity contribution in [2.24, 2.45) is 0 Å². The molecule has 1 saturated heterocycles. The number of nitrogens with one attached hydrogen (secondary N) is 2. The van der Waals surface area contributed by atoms with Crippen LogP contribution >= 0.6 is 0 Å². The minimum absolute atomic E-state index is 0.192. The lowest BCUT2D eigenvalue weighted by molar-refractivity contribution is 0.0664. The second-order valence-corrected chi connectivity index (χ2v) is 8.13. The Hall–Kier alpha value is -2.19. The third-order valence-electron chi connectivity index (χ3n) is 5.58. The number of anilines is 2. The lowest BCUT2D eigenvalue weighted by Gasteiger charge is -2.28. The van der Waals surface area contributed by atoms with Gasteiger partial charge in [0.1, 0.15) is 6.10 Å². The van der Waals surface area contributed by atoms with Gasteiger partial charge in [0.25, 0.3) is 0 Å². The van der Waals surface area contributed by atoms with E-state index in [4.69, 9.17) is 4.74 Å². The average Bonchev–Trinajstić information content (AvgIpc) is 3.23. The van der Waals surface area contributed by atoms with Crippen molar-refractivity contribution in [1.82, 2.24) is 25.1 Å². The number of aromatic nitrogens is 4. The van der Waals surface area contributed by atoms with Gasteiger partial charge < -0.3 is 20.1 Å². The minimum Gasteiger partial charge on any atom is -0.473 e. The molecule has 2 aromatic heterocycles. The van der Waals surface area contributed by atoms with Gasteiger partial charge in [0.15, 0.2) is 11.6 Å². The van der Waals surface area contributed by atoms with Crippen LogP contribution in [0.4, 0.5) is 11.6 Å². The first kappa shape index (κ1) is 18.2. The first-order valence-corrected chi connectivity index (χ1v) is 9.69.